The zero-order valence-electron chi connectivity index (χ0n) is 16.7. The summed E-state index contributed by atoms with van der Waals surface area (Å²) in [7, 11) is 3.33. The molecule has 1 aliphatic carbocycles. The minimum Gasteiger partial charge on any atom is -0.496 e. The molecule has 1 fully saturated rings. The lowest BCUT2D eigenvalue weighted by Gasteiger charge is -2.06. The van der Waals surface area contributed by atoms with Gasteiger partial charge in [-0.3, -0.25) is 0 Å². The van der Waals surface area contributed by atoms with Crippen molar-refractivity contribution in [2.45, 2.75) is 32.2 Å². The third kappa shape index (κ3) is 4.16. The molecule has 4 nitrogen and oxygen atoms in total. The van der Waals surface area contributed by atoms with Crippen molar-refractivity contribution < 1.29 is 18.6 Å². The lowest BCUT2D eigenvalue weighted by molar-refractivity contribution is -0.703. The minimum absolute atomic E-state index is 0.779. The summed E-state index contributed by atoms with van der Waals surface area (Å²) in [6.07, 6.45) is 14.1. The Labute approximate surface area is 167 Å². The minimum atomic E-state index is 0.779. The molecule has 0 saturated heterocycles. The Balaban J connectivity index is 1.51. The molecular formula is C24H28N2O2+2. The van der Waals surface area contributed by atoms with Crippen molar-refractivity contribution in [2.24, 2.45) is 5.92 Å². The normalized spacial score (nSPS) is 14.2. The molecule has 1 aliphatic rings. The largest absolute Gasteiger partial charge is 0.496 e. The van der Waals surface area contributed by atoms with Gasteiger partial charge in [0, 0.05) is 36.2 Å². The van der Waals surface area contributed by atoms with Crippen molar-refractivity contribution in [2.75, 3.05) is 14.2 Å². The van der Waals surface area contributed by atoms with E-state index < -0.39 is 0 Å². The number of hydrogen-bond acceptors (Lipinski definition) is 2. The number of nitrogens with zero attached hydrogens (tertiary/aromatic N) is 2. The third-order valence-corrected chi connectivity index (χ3v) is 5.63. The predicted molar refractivity (Wildman–Crippen MR) is 109 cm³/mol. The first-order valence-electron chi connectivity index (χ1n) is 9.99. The molecule has 4 heteroatoms. The van der Waals surface area contributed by atoms with Crippen molar-refractivity contribution in [1.29, 1.82) is 0 Å². The number of pyridine rings is 2. The smallest absolute Gasteiger partial charge is 0.218 e. The predicted octanol–water partition coefficient (Wildman–Crippen LogP) is 4.13. The van der Waals surface area contributed by atoms with E-state index in [0.717, 1.165) is 29.6 Å². The lowest BCUT2D eigenvalue weighted by atomic mass is 10.1. The molecule has 2 aromatic heterocycles. The van der Waals surface area contributed by atoms with E-state index in [0.29, 0.717) is 0 Å². The summed E-state index contributed by atoms with van der Waals surface area (Å²) in [6.45, 7) is 1.15. The zero-order chi connectivity index (χ0) is 19.3. The van der Waals surface area contributed by atoms with Crippen LogP contribution in [0.25, 0.3) is 16.8 Å². The summed E-state index contributed by atoms with van der Waals surface area (Å²) in [4.78, 5) is 0. The maximum atomic E-state index is 5.37. The van der Waals surface area contributed by atoms with Crippen LogP contribution in [0.15, 0.2) is 67.3 Å². The summed E-state index contributed by atoms with van der Waals surface area (Å²) < 4.78 is 15.1. The van der Waals surface area contributed by atoms with E-state index in [9.17, 15) is 0 Å². The standard InChI is InChI=1S/C24H28N2O2/c1-27-23-15-22(16-24(17-23)28-2)26-13-9-21(10-14-26)20-7-11-25(12-8-20)18-19-5-3-4-6-19/h7-17,19H,3-6,18H2,1-2H3/q+2. The fourth-order valence-corrected chi connectivity index (χ4v) is 4.00. The molecule has 0 aliphatic heterocycles. The van der Waals surface area contributed by atoms with Crippen LogP contribution in [0.3, 0.4) is 0 Å². The highest BCUT2D eigenvalue weighted by Crippen LogP contribution is 2.25. The number of aromatic nitrogens is 2. The molecule has 0 bridgehead atoms. The zero-order valence-corrected chi connectivity index (χ0v) is 16.7. The first-order valence-corrected chi connectivity index (χ1v) is 9.99. The molecule has 28 heavy (non-hydrogen) atoms. The first kappa shape index (κ1) is 18.5. The SMILES string of the molecule is COc1cc(OC)cc(-[n+]2ccc(-c3cc[n+](CC4CCCC4)cc3)cc2)c1. The first-order chi connectivity index (χ1) is 13.7. The van der Waals surface area contributed by atoms with Gasteiger partial charge in [-0.25, -0.2) is 4.57 Å². The van der Waals surface area contributed by atoms with Crippen LogP contribution in [0.4, 0.5) is 0 Å². The Morgan fingerprint density at radius 3 is 1.86 bits per heavy atom. The molecule has 0 amide bonds. The molecule has 2 heterocycles. The highest BCUT2D eigenvalue weighted by atomic mass is 16.5. The summed E-state index contributed by atoms with van der Waals surface area (Å²) in [5, 5.41) is 0. The second kappa shape index (κ2) is 8.42. The van der Waals surface area contributed by atoms with E-state index >= 15 is 0 Å². The average Bonchev–Trinajstić information content (AvgIpc) is 3.27. The Bertz CT molecular complexity index is 892. The molecule has 1 aromatic carbocycles. The van der Waals surface area contributed by atoms with Crippen molar-refractivity contribution in [1.82, 2.24) is 0 Å². The van der Waals surface area contributed by atoms with Gasteiger partial charge in [0.25, 0.3) is 0 Å². The molecule has 3 aromatic rings. The fourth-order valence-electron chi connectivity index (χ4n) is 4.00. The molecule has 0 atom stereocenters. The summed E-state index contributed by atoms with van der Waals surface area (Å²) in [6, 6.07) is 14.6. The second-order valence-electron chi connectivity index (χ2n) is 7.50. The number of ether oxygens (including phenoxy) is 2. The molecule has 0 N–H and O–H groups in total. The van der Waals surface area contributed by atoms with E-state index in [1.807, 2.05) is 18.2 Å². The van der Waals surface area contributed by atoms with Gasteiger partial charge in [0.05, 0.1) is 26.4 Å². The molecule has 0 radical (unpaired) electrons. The molecule has 144 valence electrons. The van der Waals surface area contributed by atoms with E-state index in [1.54, 1.807) is 14.2 Å². The van der Waals surface area contributed by atoms with E-state index in [1.165, 1.54) is 36.8 Å². The number of methoxy groups -OCH3 is 2. The average molecular weight is 377 g/mol. The van der Waals surface area contributed by atoms with Gasteiger partial charge >= 0.3 is 0 Å². The highest BCUT2D eigenvalue weighted by molar-refractivity contribution is 5.61. The highest BCUT2D eigenvalue weighted by Gasteiger charge is 2.19. The monoisotopic (exact) mass is 376 g/mol. The number of hydrogen-bond donors (Lipinski definition) is 0. The Morgan fingerprint density at radius 1 is 0.786 bits per heavy atom. The van der Waals surface area contributed by atoms with Crippen LogP contribution in [-0.4, -0.2) is 14.2 Å². The van der Waals surface area contributed by atoms with Crippen LogP contribution in [0.5, 0.6) is 11.5 Å². The van der Waals surface area contributed by atoms with Gasteiger partial charge in [-0.05, 0) is 24.0 Å². The van der Waals surface area contributed by atoms with E-state index in [2.05, 4.69) is 58.2 Å². The third-order valence-electron chi connectivity index (χ3n) is 5.63. The van der Waals surface area contributed by atoms with Gasteiger partial charge in [0.1, 0.15) is 11.5 Å². The second-order valence-corrected chi connectivity index (χ2v) is 7.50. The quantitative estimate of drug-likeness (QED) is 0.605. The van der Waals surface area contributed by atoms with E-state index in [-0.39, 0.29) is 0 Å². The maximum absolute atomic E-state index is 5.37. The van der Waals surface area contributed by atoms with Crippen LogP contribution in [-0.2, 0) is 6.54 Å². The summed E-state index contributed by atoms with van der Waals surface area (Å²) in [5.74, 6) is 2.41. The number of benzene rings is 1. The van der Waals surface area contributed by atoms with Gasteiger partial charge in [0.2, 0.25) is 5.69 Å². The van der Waals surface area contributed by atoms with Crippen molar-refractivity contribution >= 4 is 0 Å². The fraction of sp³-hybridized carbons (Fsp3) is 0.333. The maximum Gasteiger partial charge on any atom is 0.218 e. The van der Waals surface area contributed by atoms with Crippen LogP contribution < -0.4 is 18.6 Å². The Hall–Kier alpha value is -2.88. The van der Waals surface area contributed by atoms with Gasteiger partial charge < -0.3 is 9.47 Å². The van der Waals surface area contributed by atoms with Crippen molar-refractivity contribution in [3.63, 3.8) is 0 Å². The van der Waals surface area contributed by atoms with Crippen LogP contribution in [0.1, 0.15) is 25.7 Å². The van der Waals surface area contributed by atoms with Crippen LogP contribution in [0, 0.1) is 5.92 Å². The van der Waals surface area contributed by atoms with Gasteiger partial charge in [-0.2, -0.15) is 4.57 Å². The van der Waals surface area contributed by atoms with Crippen molar-refractivity contribution in [3.05, 3.63) is 67.3 Å². The van der Waals surface area contributed by atoms with Crippen molar-refractivity contribution in [3.8, 4) is 28.3 Å². The van der Waals surface area contributed by atoms with Gasteiger partial charge in [-0.1, -0.05) is 12.8 Å². The topological polar surface area (TPSA) is 26.2 Å². The molecular weight excluding hydrogens is 348 g/mol. The van der Waals surface area contributed by atoms with Gasteiger partial charge in [-0.15, -0.1) is 0 Å². The van der Waals surface area contributed by atoms with Crippen LogP contribution in [0.2, 0.25) is 0 Å². The molecule has 1 saturated carbocycles. The molecule has 4 rings (SSSR count). The molecule has 0 unspecified atom stereocenters. The van der Waals surface area contributed by atoms with Gasteiger partial charge in [0.15, 0.2) is 31.3 Å². The number of rotatable bonds is 6. The molecule has 0 spiro atoms. The lowest BCUT2D eigenvalue weighted by Crippen LogP contribution is -2.35. The van der Waals surface area contributed by atoms with E-state index in [4.69, 9.17) is 9.47 Å². The van der Waals surface area contributed by atoms with Crippen LogP contribution >= 0.6 is 0 Å². The summed E-state index contributed by atoms with van der Waals surface area (Å²) in [5.41, 5.74) is 3.45. The summed E-state index contributed by atoms with van der Waals surface area (Å²) >= 11 is 0. The Kier molecular flexibility index (Phi) is 5.56. The Morgan fingerprint density at radius 2 is 1.32 bits per heavy atom.